The molecule has 0 aliphatic heterocycles. The fourth-order valence-electron chi connectivity index (χ4n) is 0.684. The number of aliphatic hydroxyl groups is 1. The summed E-state index contributed by atoms with van der Waals surface area (Å²) in [4.78, 5) is 30.0. The number of carbonyl (C=O) groups excluding carboxylic acids is 3. The van der Waals surface area contributed by atoms with E-state index in [1.165, 1.54) is 0 Å². The van der Waals surface area contributed by atoms with Gasteiger partial charge in [-0.2, -0.15) is 0 Å². The molecule has 0 bridgehead atoms. The zero-order valence-corrected chi connectivity index (χ0v) is 11.0. The van der Waals surface area contributed by atoms with E-state index in [-0.39, 0.29) is 22.4 Å². The van der Waals surface area contributed by atoms with E-state index < -0.39 is 36.4 Å². The van der Waals surface area contributed by atoms with Gasteiger partial charge in [-0.25, -0.2) is 0 Å². The number of carboxylic acid groups (broad SMARTS) is 3. The first-order chi connectivity index (χ1) is 6.78. The van der Waals surface area contributed by atoms with E-state index >= 15 is 0 Å². The molecule has 0 saturated heterocycles. The summed E-state index contributed by atoms with van der Waals surface area (Å²) in [7, 11) is 4.45. The predicted octanol–water partition coefficient (Wildman–Crippen LogP) is -4.57. The Kier molecular flexibility index (Phi) is 13.8. The average Bonchev–Trinajstić information content (AvgIpc) is 2.04. The predicted molar refractivity (Wildman–Crippen MR) is 35.1 cm³/mol. The SMILES string of the molecule is O=C([O-])CC(O)(CC(=O)[O-])C(=O)[O-].[Ag].[Cl][Ag]. The number of carbonyl (C=O) groups is 3. The Morgan fingerprint density at radius 2 is 1.31 bits per heavy atom. The first-order valence-electron chi connectivity index (χ1n) is 3.23. The number of halogens is 1. The molecular weight excluding hydrogens is 435 g/mol. The van der Waals surface area contributed by atoms with Crippen LogP contribution in [0.1, 0.15) is 12.8 Å². The van der Waals surface area contributed by atoms with Gasteiger partial charge < -0.3 is 34.8 Å². The number of carboxylic acids is 3. The van der Waals surface area contributed by atoms with Crippen LogP contribution in [0.2, 0.25) is 0 Å². The molecule has 0 unspecified atom stereocenters. The summed E-state index contributed by atoms with van der Waals surface area (Å²) in [6.45, 7) is 0. The van der Waals surface area contributed by atoms with Crippen LogP contribution >= 0.6 is 9.19 Å². The van der Waals surface area contributed by atoms with Gasteiger partial charge in [0.1, 0.15) is 5.60 Å². The van der Waals surface area contributed by atoms with E-state index in [1.54, 1.807) is 0 Å². The molecule has 0 saturated carbocycles. The van der Waals surface area contributed by atoms with Crippen LogP contribution in [0, 0.1) is 0 Å². The van der Waals surface area contributed by atoms with Crippen molar-refractivity contribution in [3.8, 4) is 0 Å². The first-order valence-corrected chi connectivity index (χ1v) is 5.14. The van der Waals surface area contributed by atoms with Crippen molar-refractivity contribution in [3.63, 3.8) is 0 Å². The van der Waals surface area contributed by atoms with Gasteiger partial charge in [0.05, 0.1) is 5.97 Å². The fourth-order valence-corrected chi connectivity index (χ4v) is 0.684. The van der Waals surface area contributed by atoms with Crippen LogP contribution in [-0.4, -0.2) is 28.6 Å². The molecule has 0 aliphatic rings. The van der Waals surface area contributed by atoms with Crippen molar-refractivity contribution in [3.05, 3.63) is 0 Å². The summed E-state index contributed by atoms with van der Waals surface area (Å²) in [5.41, 5.74) is -2.97. The second-order valence-electron chi connectivity index (χ2n) is 2.42. The third-order valence-electron chi connectivity index (χ3n) is 1.25. The Morgan fingerprint density at radius 1 is 1.06 bits per heavy atom. The summed E-state index contributed by atoms with van der Waals surface area (Å²) >= 11 is 2.42. The quantitative estimate of drug-likeness (QED) is 0.425. The van der Waals surface area contributed by atoms with E-state index in [0.717, 1.165) is 0 Å². The molecule has 0 heterocycles. The van der Waals surface area contributed by atoms with Gasteiger partial charge in [-0.3, -0.25) is 0 Å². The topological polar surface area (TPSA) is 141 Å². The van der Waals surface area contributed by atoms with E-state index in [1.807, 2.05) is 0 Å². The van der Waals surface area contributed by atoms with Crippen molar-refractivity contribution in [2.45, 2.75) is 18.4 Å². The average molecular weight is 440 g/mol. The summed E-state index contributed by atoms with van der Waals surface area (Å²) in [5.74, 6) is -5.98. The number of aliphatic carboxylic acids is 3. The monoisotopic (exact) mass is 438 g/mol. The minimum absolute atomic E-state index is 0. The molecule has 0 atom stereocenters. The number of hydrogen-bond acceptors (Lipinski definition) is 7. The van der Waals surface area contributed by atoms with Crippen LogP contribution in [0.3, 0.4) is 0 Å². The van der Waals surface area contributed by atoms with Crippen LogP contribution in [0.25, 0.3) is 0 Å². The normalized spacial score (nSPS) is 9.25. The molecule has 1 N–H and O–H groups in total. The molecule has 1 radical (unpaired) electrons. The Morgan fingerprint density at radius 3 is 1.44 bits per heavy atom. The number of rotatable bonds is 5. The second-order valence-corrected chi connectivity index (χ2v) is 2.42. The van der Waals surface area contributed by atoms with Crippen LogP contribution < -0.4 is 15.3 Å². The van der Waals surface area contributed by atoms with E-state index in [4.69, 9.17) is 5.11 Å². The van der Waals surface area contributed by atoms with Crippen LogP contribution in [-0.2, 0) is 56.8 Å². The molecule has 0 amide bonds. The van der Waals surface area contributed by atoms with Crippen molar-refractivity contribution >= 4 is 27.1 Å². The van der Waals surface area contributed by atoms with Crippen molar-refractivity contribution in [2.75, 3.05) is 0 Å². The van der Waals surface area contributed by atoms with Gasteiger partial charge in [0.2, 0.25) is 0 Å². The molecule has 0 aromatic rings. The summed E-state index contributed by atoms with van der Waals surface area (Å²) in [6.07, 6.45) is -2.72. The Hall–Kier alpha value is 0.141. The molecule has 7 nitrogen and oxygen atoms in total. The van der Waals surface area contributed by atoms with Crippen LogP contribution in [0.5, 0.6) is 0 Å². The molecule has 0 fully saturated rings. The molecule has 0 spiro atoms. The van der Waals surface area contributed by atoms with Crippen molar-refractivity contribution < 1.29 is 77.2 Å². The summed E-state index contributed by atoms with van der Waals surface area (Å²) in [6, 6.07) is 0. The van der Waals surface area contributed by atoms with Gasteiger partial charge in [-0.05, 0) is 0 Å². The van der Waals surface area contributed by atoms with Gasteiger partial charge in [0.15, 0.2) is 0 Å². The second kappa shape index (κ2) is 10.3. The molecule has 10 heteroatoms. The van der Waals surface area contributed by atoms with Gasteiger partial charge >= 0.3 is 29.2 Å². The zero-order valence-electron chi connectivity index (χ0n) is 7.29. The maximum atomic E-state index is 10.1. The van der Waals surface area contributed by atoms with Gasteiger partial charge in [-0.1, -0.05) is 0 Å². The Bertz CT molecular complexity index is 241. The fraction of sp³-hybridized carbons (Fsp3) is 0.500. The van der Waals surface area contributed by atoms with E-state index in [9.17, 15) is 29.7 Å². The Labute approximate surface area is 122 Å². The van der Waals surface area contributed by atoms with Crippen molar-refractivity contribution in [2.24, 2.45) is 0 Å². The minimum atomic E-state index is -2.97. The third kappa shape index (κ3) is 9.37. The van der Waals surface area contributed by atoms with E-state index in [2.05, 4.69) is 29.2 Å². The zero-order chi connectivity index (χ0) is 12.6. The summed E-state index contributed by atoms with van der Waals surface area (Å²) < 4.78 is 0. The standard InChI is InChI=1S/C6H8O7.2Ag.ClH/c7-3(8)1-6(13,5(11)12)2-4(9)10;;;/h13H,1-2H2,(H,7,8)(H,9,10)(H,11,12);;;1H/q;;+1;/p-4. The molecule has 0 aliphatic carbocycles. The van der Waals surface area contributed by atoms with Crippen LogP contribution in [0.15, 0.2) is 0 Å². The summed E-state index contributed by atoms with van der Waals surface area (Å²) in [5, 5.41) is 38.9. The number of hydrogen-bond donors (Lipinski definition) is 1. The Balaban J connectivity index is -0.000000529. The van der Waals surface area contributed by atoms with Crippen molar-refractivity contribution in [1.82, 2.24) is 0 Å². The maximum absolute atomic E-state index is 10.1. The first kappa shape index (κ1) is 21.4. The van der Waals surface area contributed by atoms with Gasteiger partial charge in [-0.15, -0.1) is 0 Å². The molecule has 16 heavy (non-hydrogen) atoms. The molecule has 0 rings (SSSR count). The van der Waals surface area contributed by atoms with Gasteiger partial charge in [0, 0.05) is 47.2 Å². The molecule has 0 aromatic heterocycles. The molecular formula is C6H5Ag2ClO7-3. The van der Waals surface area contributed by atoms with Crippen molar-refractivity contribution in [1.29, 1.82) is 0 Å². The molecule has 103 valence electrons. The van der Waals surface area contributed by atoms with Crippen LogP contribution in [0.4, 0.5) is 0 Å². The van der Waals surface area contributed by atoms with E-state index in [0.29, 0.717) is 0 Å². The molecule has 0 aromatic carbocycles. The van der Waals surface area contributed by atoms with Gasteiger partial charge in [0.25, 0.3) is 0 Å². The third-order valence-corrected chi connectivity index (χ3v) is 1.25.